The lowest BCUT2D eigenvalue weighted by Gasteiger charge is -2.43. The van der Waals surface area contributed by atoms with Gasteiger partial charge >= 0.3 is 11.9 Å². The fourth-order valence-electron chi connectivity index (χ4n) is 2.31. The van der Waals surface area contributed by atoms with Gasteiger partial charge in [0.05, 0.1) is 0 Å². The molecular formula is C13H18O5. The first-order valence-corrected chi connectivity index (χ1v) is 5.90. The van der Waals surface area contributed by atoms with Crippen LogP contribution in [0, 0.1) is 12.3 Å². The minimum Gasteiger partial charge on any atom is -0.459 e. The van der Waals surface area contributed by atoms with Gasteiger partial charge in [-0.15, -0.1) is 12.3 Å². The first-order chi connectivity index (χ1) is 8.40. The third kappa shape index (κ3) is 3.23. The van der Waals surface area contributed by atoms with Gasteiger partial charge in [0.25, 0.3) is 0 Å². The van der Waals surface area contributed by atoms with E-state index in [4.69, 9.17) is 15.9 Å². The highest BCUT2D eigenvalue weighted by molar-refractivity contribution is 5.67. The van der Waals surface area contributed by atoms with Crippen molar-refractivity contribution in [2.24, 2.45) is 0 Å². The Balaban J connectivity index is 2.93. The number of carbonyl (C=O) groups is 2. The number of rotatable bonds is 3. The predicted octanol–water partition coefficient (Wildman–Crippen LogP) is 0.788. The summed E-state index contributed by atoms with van der Waals surface area (Å²) in [5.41, 5.74) is -1.50. The summed E-state index contributed by atoms with van der Waals surface area (Å²) in [6, 6.07) is 0. The molecule has 1 rings (SSSR count). The van der Waals surface area contributed by atoms with Crippen LogP contribution in [0.4, 0.5) is 0 Å². The zero-order chi connectivity index (χ0) is 13.8. The zero-order valence-corrected chi connectivity index (χ0v) is 10.6. The van der Waals surface area contributed by atoms with Gasteiger partial charge in [-0.3, -0.25) is 9.59 Å². The van der Waals surface area contributed by atoms with Gasteiger partial charge < -0.3 is 14.6 Å². The molecule has 1 fully saturated rings. The molecule has 0 aliphatic heterocycles. The smallest absolute Gasteiger partial charge is 0.303 e. The van der Waals surface area contributed by atoms with Crippen LogP contribution in [-0.2, 0) is 19.1 Å². The van der Waals surface area contributed by atoms with Gasteiger partial charge in [-0.05, 0) is 19.3 Å². The van der Waals surface area contributed by atoms with Crippen LogP contribution in [0.2, 0.25) is 0 Å². The SMILES string of the molecule is C#CCC1(O)[C@@H](OC(C)=O)CCC[C@H]1OC(C)=O. The Bertz CT molecular complexity index is 344. The Hall–Kier alpha value is -1.54. The van der Waals surface area contributed by atoms with Gasteiger partial charge in [-0.25, -0.2) is 0 Å². The number of hydrogen-bond donors (Lipinski definition) is 1. The molecule has 1 N–H and O–H groups in total. The molecule has 1 aliphatic rings. The molecule has 0 heterocycles. The van der Waals surface area contributed by atoms with Crippen molar-refractivity contribution in [1.29, 1.82) is 0 Å². The fourth-order valence-corrected chi connectivity index (χ4v) is 2.31. The van der Waals surface area contributed by atoms with Crippen LogP contribution in [0.1, 0.15) is 39.5 Å². The van der Waals surface area contributed by atoms with Crippen LogP contribution in [0.3, 0.4) is 0 Å². The summed E-state index contributed by atoms with van der Waals surface area (Å²) in [7, 11) is 0. The topological polar surface area (TPSA) is 72.8 Å². The summed E-state index contributed by atoms with van der Waals surface area (Å²) >= 11 is 0. The summed E-state index contributed by atoms with van der Waals surface area (Å²) in [5.74, 6) is 1.38. The molecule has 0 saturated heterocycles. The molecule has 0 bridgehead atoms. The maximum atomic E-state index is 11.0. The van der Waals surface area contributed by atoms with E-state index < -0.39 is 29.7 Å². The van der Waals surface area contributed by atoms with E-state index in [0.717, 1.165) is 0 Å². The molecule has 18 heavy (non-hydrogen) atoms. The number of aliphatic hydroxyl groups is 1. The maximum absolute atomic E-state index is 11.0. The second-order valence-corrected chi connectivity index (χ2v) is 4.50. The normalized spacial score (nSPS) is 31.2. The fraction of sp³-hybridized carbons (Fsp3) is 0.692. The van der Waals surface area contributed by atoms with Crippen LogP contribution < -0.4 is 0 Å². The minimum atomic E-state index is -1.50. The molecule has 1 saturated carbocycles. The number of carbonyl (C=O) groups excluding carboxylic acids is 2. The van der Waals surface area contributed by atoms with Crippen molar-refractivity contribution in [2.45, 2.75) is 57.3 Å². The van der Waals surface area contributed by atoms with Crippen molar-refractivity contribution in [1.82, 2.24) is 0 Å². The molecule has 1 aliphatic carbocycles. The van der Waals surface area contributed by atoms with Crippen LogP contribution in [0.25, 0.3) is 0 Å². The highest BCUT2D eigenvalue weighted by Crippen LogP contribution is 2.35. The largest absolute Gasteiger partial charge is 0.459 e. The summed E-state index contributed by atoms with van der Waals surface area (Å²) in [6.07, 6.45) is 5.47. The average molecular weight is 254 g/mol. The lowest BCUT2D eigenvalue weighted by Crippen LogP contribution is -2.57. The van der Waals surface area contributed by atoms with E-state index in [9.17, 15) is 14.7 Å². The Kier molecular flexibility index (Phi) is 4.74. The summed E-state index contributed by atoms with van der Waals surface area (Å²) in [6.45, 7) is 2.54. The van der Waals surface area contributed by atoms with Crippen molar-refractivity contribution >= 4 is 11.9 Å². The number of terminal acetylenes is 1. The molecule has 0 radical (unpaired) electrons. The van der Waals surface area contributed by atoms with Crippen molar-refractivity contribution in [3.05, 3.63) is 0 Å². The maximum Gasteiger partial charge on any atom is 0.303 e. The van der Waals surface area contributed by atoms with E-state index in [-0.39, 0.29) is 6.42 Å². The molecule has 0 aromatic carbocycles. The van der Waals surface area contributed by atoms with Crippen LogP contribution >= 0.6 is 0 Å². The van der Waals surface area contributed by atoms with Gasteiger partial charge in [0, 0.05) is 20.3 Å². The second-order valence-electron chi connectivity index (χ2n) is 4.50. The van der Waals surface area contributed by atoms with Crippen molar-refractivity contribution in [3.63, 3.8) is 0 Å². The quantitative estimate of drug-likeness (QED) is 0.595. The van der Waals surface area contributed by atoms with E-state index in [2.05, 4.69) is 5.92 Å². The number of esters is 2. The molecular weight excluding hydrogens is 236 g/mol. The molecule has 5 heteroatoms. The standard InChI is InChI=1S/C13H18O5/c1-4-8-13(16)11(17-9(2)14)6-5-7-12(13)18-10(3)15/h1,11-12,16H,5-8H2,2-3H3/t11-,12+,13?. The van der Waals surface area contributed by atoms with Gasteiger partial charge in [0.15, 0.2) is 0 Å². The third-order valence-electron chi connectivity index (χ3n) is 3.05. The van der Waals surface area contributed by atoms with Gasteiger partial charge in [-0.2, -0.15) is 0 Å². The Morgan fingerprint density at radius 2 is 1.72 bits per heavy atom. The number of ether oxygens (including phenoxy) is 2. The van der Waals surface area contributed by atoms with E-state index in [1.54, 1.807) is 0 Å². The summed E-state index contributed by atoms with van der Waals surface area (Å²) in [5, 5.41) is 10.6. The molecule has 1 unspecified atom stereocenters. The first-order valence-electron chi connectivity index (χ1n) is 5.90. The first kappa shape index (κ1) is 14.5. The lowest BCUT2D eigenvalue weighted by molar-refractivity contribution is -0.204. The van der Waals surface area contributed by atoms with Crippen LogP contribution in [0.15, 0.2) is 0 Å². The van der Waals surface area contributed by atoms with Crippen molar-refractivity contribution < 1.29 is 24.2 Å². The second kappa shape index (κ2) is 5.87. The van der Waals surface area contributed by atoms with E-state index in [0.29, 0.717) is 19.3 Å². The van der Waals surface area contributed by atoms with Crippen LogP contribution in [-0.4, -0.2) is 34.9 Å². The van der Waals surface area contributed by atoms with Crippen LogP contribution in [0.5, 0.6) is 0 Å². The Morgan fingerprint density at radius 3 is 2.06 bits per heavy atom. The van der Waals surface area contributed by atoms with Crippen molar-refractivity contribution in [2.75, 3.05) is 0 Å². The highest BCUT2D eigenvalue weighted by Gasteiger charge is 2.49. The predicted molar refractivity (Wildman–Crippen MR) is 63.4 cm³/mol. The number of hydrogen-bond acceptors (Lipinski definition) is 5. The van der Waals surface area contributed by atoms with Gasteiger partial charge in [0.1, 0.15) is 17.8 Å². The molecule has 0 amide bonds. The van der Waals surface area contributed by atoms with E-state index >= 15 is 0 Å². The van der Waals surface area contributed by atoms with E-state index in [1.165, 1.54) is 13.8 Å². The van der Waals surface area contributed by atoms with Gasteiger partial charge in [0.2, 0.25) is 0 Å². The lowest BCUT2D eigenvalue weighted by atomic mass is 9.77. The van der Waals surface area contributed by atoms with Crippen molar-refractivity contribution in [3.8, 4) is 12.3 Å². The average Bonchev–Trinajstić information content (AvgIpc) is 2.23. The third-order valence-corrected chi connectivity index (χ3v) is 3.05. The Labute approximate surface area is 106 Å². The molecule has 0 spiro atoms. The summed E-state index contributed by atoms with van der Waals surface area (Å²) in [4.78, 5) is 22.1. The molecule has 3 atom stereocenters. The molecule has 0 aromatic heterocycles. The summed E-state index contributed by atoms with van der Waals surface area (Å²) < 4.78 is 10.2. The zero-order valence-electron chi connectivity index (χ0n) is 10.6. The highest BCUT2D eigenvalue weighted by atomic mass is 16.6. The van der Waals surface area contributed by atoms with Gasteiger partial charge in [-0.1, -0.05) is 0 Å². The molecule has 0 aromatic rings. The minimum absolute atomic E-state index is 0.0249. The molecule has 5 nitrogen and oxygen atoms in total. The molecule has 100 valence electrons. The van der Waals surface area contributed by atoms with E-state index in [1.807, 2.05) is 0 Å². The monoisotopic (exact) mass is 254 g/mol. The Morgan fingerprint density at radius 1 is 1.28 bits per heavy atom.